The smallest absolute Gasteiger partial charge is 0.279 e. The summed E-state index contributed by atoms with van der Waals surface area (Å²) in [5.41, 5.74) is 1.98. The van der Waals surface area contributed by atoms with E-state index >= 15 is 0 Å². The monoisotopic (exact) mass is 432 g/mol. The summed E-state index contributed by atoms with van der Waals surface area (Å²) in [7, 11) is 0. The van der Waals surface area contributed by atoms with Gasteiger partial charge in [-0.15, -0.1) is 0 Å². The first kappa shape index (κ1) is 20.0. The van der Waals surface area contributed by atoms with E-state index in [0.717, 1.165) is 5.56 Å². The lowest BCUT2D eigenvalue weighted by Gasteiger charge is -2.13. The highest BCUT2D eigenvalue weighted by Crippen LogP contribution is 2.13. The molecule has 0 aliphatic rings. The van der Waals surface area contributed by atoms with E-state index in [1.54, 1.807) is 41.1 Å². The van der Waals surface area contributed by atoms with E-state index in [9.17, 15) is 14.9 Å². The SMILES string of the molecule is N#Cc1cc2c(=O)n3ccccc3nc2n(Cc2ccccc2)c1=NC(=O)c1ccncc1. The zero-order chi connectivity index (χ0) is 22.8. The molecule has 0 atom stereocenters. The summed E-state index contributed by atoms with van der Waals surface area (Å²) in [5, 5.41) is 10.1. The van der Waals surface area contributed by atoms with Crippen molar-refractivity contribution in [2.24, 2.45) is 4.99 Å². The normalized spacial score (nSPS) is 11.5. The number of hydrogen-bond donors (Lipinski definition) is 0. The predicted molar refractivity (Wildman–Crippen MR) is 121 cm³/mol. The van der Waals surface area contributed by atoms with Gasteiger partial charge in [0.25, 0.3) is 11.5 Å². The molecule has 5 rings (SSSR count). The van der Waals surface area contributed by atoms with Crippen molar-refractivity contribution in [2.75, 3.05) is 0 Å². The number of hydrogen-bond acceptors (Lipinski definition) is 5. The second-order valence-corrected chi connectivity index (χ2v) is 7.30. The summed E-state index contributed by atoms with van der Waals surface area (Å²) in [6.07, 6.45) is 4.63. The van der Waals surface area contributed by atoms with Crippen molar-refractivity contribution in [2.45, 2.75) is 6.54 Å². The summed E-state index contributed by atoms with van der Waals surface area (Å²) in [6.45, 7) is 0.269. The maximum atomic E-state index is 13.2. The Kier molecular flexibility index (Phi) is 5.05. The molecule has 8 nitrogen and oxygen atoms in total. The van der Waals surface area contributed by atoms with Crippen molar-refractivity contribution in [3.05, 3.63) is 118 Å². The van der Waals surface area contributed by atoms with Crippen molar-refractivity contribution in [1.82, 2.24) is 18.9 Å². The summed E-state index contributed by atoms with van der Waals surface area (Å²) in [6, 6.07) is 21.4. The third-order valence-corrected chi connectivity index (χ3v) is 5.23. The van der Waals surface area contributed by atoms with Gasteiger partial charge in [-0.05, 0) is 35.9 Å². The zero-order valence-electron chi connectivity index (χ0n) is 17.3. The summed E-state index contributed by atoms with van der Waals surface area (Å²) >= 11 is 0. The molecule has 0 saturated carbocycles. The molecule has 158 valence electrons. The van der Waals surface area contributed by atoms with E-state index in [-0.39, 0.29) is 28.5 Å². The highest BCUT2D eigenvalue weighted by molar-refractivity contribution is 5.94. The second kappa shape index (κ2) is 8.32. The van der Waals surface area contributed by atoms with E-state index in [1.807, 2.05) is 30.3 Å². The van der Waals surface area contributed by atoms with Crippen molar-refractivity contribution in [1.29, 1.82) is 5.26 Å². The number of fused-ring (bicyclic) bond motifs is 2. The summed E-state index contributed by atoms with van der Waals surface area (Å²) in [5.74, 6) is -0.521. The summed E-state index contributed by atoms with van der Waals surface area (Å²) < 4.78 is 3.08. The van der Waals surface area contributed by atoms with Crippen molar-refractivity contribution in [3.8, 4) is 6.07 Å². The van der Waals surface area contributed by atoms with Gasteiger partial charge in [-0.2, -0.15) is 10.3 Å². The van der Waals surface area contributed by atoms with Crippen LogP contribution in [0.15, 0.2) is 95.1 Å². The molecule has 0 saturated heterocycles. The van der Waals surface area contributed by atoms with Crippen LogP contribution in [0.5, 0.6) is 0 Å². The van der Waals surface area contributed by atoms with Crippen LogP contribution in [0.3, 0.4) is 0 Å². The van der Waals surface area contributed by atoms with E-state index < -0.39 is 5.91 Å². The lowest BCUT2D eigenvalue weighted by atomic mass is 10.2. The highest BCUT2D eigenvalue weighted by atomic mass is 16.1. The zero-order valence-corrected chi connectivity index (χ0v) is 17.3. The Morgan fingerprint density at radius 1 is 1.03 bits per heavy atom. The number of amides is 1. The minimum atomic E-state index is -0.521. The Bertz CT molecular complexity index is 1680. The number of nitriles is 1. The number of carbonyl (C=O) groups is 1. The van der Waals surface area contributed by atoms with Crippen LogP contribution in [0.2, 0.25) is 0 Å². The van der Waals surface area contributed by atoms with Gasteiger partial charge in [0.1, 0.15) is 17.4 Å². The third-order valence-electron chi connectivity index (χ3n) is 5.23. The van der Waals surface area contributed by atoms with Crippen LogP contribution in [-0.4, -0.2) is 24.8 Å². The minimum absolute atomic E-state index is 0.107. The van der Waals surface area contributed by atoms with Crippen LogP contribution < -0.4 is 11.0 Å². The third kappa shape index (κ3) is 3.68. The molecule has 0 spiro atoms. The number of rotatable bonds is 3. The van der Waals surface area contributed by atoms with Gasteiger partial charge < -0.3 is 4.57 Å². The Morgan fingerprint density at radius 2 is 1.79 bits per heavy atom. The molecule has 8 heteroatoms. The van der Waals surface area contributed by atoms with Gasteiger partial charge in [0.15, 0.2) is 5.49 Å². The van der Waals surface area contributed by atoms with Crippen molar-refractivity contribution < 1.29 is 4.79 Å². The fourth-order valence-corrected chi connectivity index (χ4v) is 3.65. The molecule has 0 aliphatic heterocycles. The van der Waals surface area contributed by atoms with Crippen LogP contribution in [0.25, 0.3) is 16.7 Å². The first-order chi connectivity index (χ1) is 16.2. The van der Waals surface area contributed by atoms with Crippen LogP contribution in [0.4, 0.5) is 0 Å². The number of aromatic nitrogens is 4. The maximum absolute atomic E-state index is 13.2. The molecule has 1 amide bonds. The quantitative estimate of drug-likeness (QED) is 0.408. The second-order valence-electron chi connectivity index (χ2n) is 7.30. The maximum Gasteiger partial charge on any atom is 0.279 e. The molecule has 0 bridgehead atoms. The average molecular weight is 432 g/mol. The molecule has 0 fully saturated rings. The first-order valence-electron chi connectivity index (χ1n) is 10.1. The fourth-order valence-electron chi connectivity index (χ4n) is 3.65. The number of carbonyl (C=O) groups excluding carboxylic acids is 1. The lowest BCUT2D eigenvalue weighted by molar-refractivity contribution is 0.0997. The van der Waals surface area contributed by atoms with E-state index in [4.69, 9.17) is 0 Å². The Balaban J connectivity index is 1.88. The molecule has 0 N–H and O–H groups in total. The molecule has 0 radical (unpaired) electrons. The molecule has 4 heterocycles. The standard InChI is InChI=1S/C25H16N6O2/c26-15-19-14-20-23(28-21-8-4-5-13-30(21)25(20)33)31(16-17-6-2-1-3-7-17)22(19)29-24(32)18-9-11-27-12-10-18/h1-14H,16H2. The van der Waals surface area contributed by atoms with Gasteiger partial charge in [-0.3, -0.25) is 19.0 Å². The minimum Gasteiger partial charge on any atom is -0.305 e. The Hall–Kier alpha value is -4.90. The largest absolute Gasteiger partial charge is 0.305 e. The van der Waals surface area contributed by atoms with Crippen LogP contribution in [0, 0.1) is 11.3 Å². The van der Waals surface area contributed by atoms with Crippen molar-refractivity contribution in [3.63, 3.8) is 0 Å². The average Bonchev–Trinajstić information content (AvgIpc) is 2.87. The molecule has 5 aromatic rings. The van der Waals surface area contributed by atoms with Gasteiger partial charge in [0, 0.05) is 24.2 Å². The topological polar surface area (TPSA) is 105 Å². The van der Waals surface area contributed by atoms with Gasteiger partial charge in [-0.1, -0.05) is 36.4 Å². The molecule has 0 aliphatic carbocycles. The predicted octanol–water partition coefficient (Wildman–Crippen LogP) is 2.71. The van der Waals surface area contributed by atoms with E-state index in [2.05, 4.69) is 21.0 Å². The molecule has 33 heavy (non-hydrogen) atoms. The van der Waals surface area contributed by atoms with E-state index in [1.165, 1.54) is 22.9 Å². The molecule has 0 unspecified atom stereocenters. The first-order valence-corrected chi connectivity index (χ1v) is 10.1. The summed E-state index contributed by atoms with van der Waals surface area (Å²) in [4.78, 5) is 39.0. The molecule has 1 aromatic carbocycles. The fraction of sp³-hybridized carbons (Fsp3) is 0.0400. The number of nitrogens with zero attached hydrogens (tertiary/aromatic N) is 6. The van der Waals surface area contributed by atoms with Gasteiger partial charge >= 0.3 is 0 Å². The number of pyridine rings is 3. The molecular formula is C25H16N6O2. The molecule has 4 aromatic heterocycles. The number of benzene rings is 1. The van der Waals surface area contributed by atoms with Gasteiger partial charge in [0.2, 0.25) is 0 Å². The molecular weight excluding hydrogens is 416 g/mol. The van der Waals surface area contributed by atoms with Gasteiger partial charge in [0.05, 0.1) is 17.5 Å². The van der Waals surface area contributed by atoms with Gasteiger partial charge in [-0.25, -0.2) is 4.98 Å². The van der Waals surface area contributed by atoms with Crippen LogP contribution in [0.1, 0.15) is 21.5 Å². The van der Waals surface area contributed by atoms with E-state index in [0.29, 0.717) is 16.9 Å². The highest BCUT2D eigenvalue weighted by Gasteiger charge is 2.16. The van der Waals surface area contributed by atoms with Crippen LogP contribution in [-0.2, 0) is 6.54 Å². The van der Waals surface area contributed by atoms with Crippen molar-refractivity contribution >= 4 is 22.6 Å². The lowest BCUT2D eigenvalue weighted by Crippen LogP contribution is -2.30. The Labute approximate surface area is 187 Å². The van der Waals surface area contributed by atoms with Crippen LogP contribution >= 0.6 is 0 Å². The Morgan fingerprint density at radius 3 is 2.55 bits per heavy atom.